The quantitative estimate of drug-likeness (QED) is 0.672. The summed E-state index contributed by atoms with van der Waals surface area (Å²) in [5, 5.41) is 4.04. The van der Waals surface area contributed by atoms with Crippen LogP contribution in [-0.2, 0) is 10.3 Å². The Morgan fingerprint density at radius 3 is 2.38 bits per heavy atom. The van der Waals surface area contributed by atoms with E-state index in [0.29, 0.717) is 5.69 Å². The van der Waals surface area contributed by atoms with Gasteiger partial charge in [0.05, 0.1) is 18.3 Å². The fraction of sp³-hybridized carbons (Fsp3) is 0.222. The van der Waals surface area contributed by atoms with Crippen LogP contribution in [0.2, 0.25) is 0 Å². The van der Waals surface area contributed by atoms with Gasteiger partial charge in [0.25, 0.3) is 0 Å². The fourth-order valence-electron chi connectivity index (χ4n) is 3.10. The minimum Gasteiger partial charge on any atom is -0.362 e. The van der Waals surface area contributed by atoms with Crippen molar-refractivity contribution in [3.8, 4) is 5.69 Å². The average molecular weight is 361 g/mol. The maximum Gasteiger partial charge on any atom is 0.350 e. The maximum atomic E-state index is 14.2. The first-order valence-electron chi connectivity index (χ1n) is 7.94. The normalized spacial score (nSPS) is 20.2. The molecule has 4 rings (SSSR count). The number of ether oxygens (including phenoxy) is 1. The molecule has 1 aromatic heterocycles. The molecule has 0 amide bonds. The highest BCUT2D eigenvalue weighted by molar-refractivity contribution is 5.32. The van der Waals surface area contributed by atoms with E-state index in [1.165, 1.54) is 41.2 Å². The molecule has 1 aliphatic heterocycles. The summed E-state index contributed by atoms with van der Waals surface area (Å²) >= 11 is 0. The van der Waals surface area contributed by atoms with Crippen LogP contribution < -0.4 is 5.69 Å². The molecule has 2 heterocycles. The number of hydrogen-bond acceptors (Lipinski definition) is 3. The minimum atomic E-state index is -1.06. The van der Waals surface area contributed by atoms with E-state index in [1.807, 2.05) is 0 Å². The number of aromatic nitrogens is 3. The SMILES string of the molecule is C[C@@H](n1cnn(-c2ccc(F)cc2)c1=O)[C@@]1(c2ccc(F)cc2F)CO1. The lowest BCUT2D eigenvalue weighted by molar-refractivity contribution is 0.222. The predicted molar refractivity (Wildman–Crippen MR) is 86.5 cm³/mol. The monoisotopic (exact) mass is 361 g/mol. The van der Waals surface area contributed by atoms with Crippen molar-refractivity contribution >= 4 is 0 Å². The highest BCUT2D eigenvalue weighted by Gasteiger charge is 2.54. The molecule has 2 atom stereocenters. The van der Waals surface area contributed by atoms with Crippen LogP contribution >= 0.6 is 0 Å². The van der Waals surface area contributed by atoms with Gasteiger partial charge in [-0.05, 0) is 37.3 Å². The molecular formula is C18H14F3N3O2. The smallest absolute Gasteiger partial charge is 0.350 e. The van der Waals surface area contributed by atoms with Crippen LogP contribution in [0.15, 0.2) is 53.6 Å². The third kappa shape index (κ3) is 2.53. The predicted octanol–water partition coefficient (Wildman–Crippen LogP) is 2.94. The molecule has 0 aliphatic carbocycles. The van der Waals surface area contributed by atoms with Crippen molar-refractivity contribution in [2.75, 3.05) is 6.61 Å². The van der Waals surface area contributed by atoms with Gasteiger partial charge in [-0.25, -0.2) is 18.0 Å². The van der Waals surface area contributed by atoms with Crippen molar-refractivity contribution < 1.29 is 17.9 Å². The molecule has 1 fully saturated rings. The van der Waals surface area contributed by atoms with Crippen LogP contribution in [0.25, 0.3) is 5.69 Å². The molecule has 5 nitrogen and oxygen atoms in total. The highest BCUT2D eigenvalue weighted by atomic mass is 19.1. The molecule has 0 bridgehead atoms. The van der Waals surface area contributed by atoms with Crippen molar-refractivity contribution in [2.24, 2.45) is 0 Å². The average Bonchev–Trinajstić information content (AvgIpc) is 3.32. The van der Waals surface area contributed by atoms with Crippen molar-refractivity contribution in [1.29, 1.82) is 0 Å². The summed E-state index contributed by atoms with van der Waals surface area (Å²) in [4.78, 5) is 12.7. The second kappa shape index (κ2) is 5.84. The number of rotatable bonds is 4. The van der Waals surface area contributed by atoms with Crippen LogP contribution in [0.5, 0.6) is 0 Å². The van der Waals surface area contributed by atoms with E-state index >= 15 is 0 Å². The zero-order valence-corrected chi connectivity index (χ0v) is 13.7. The fourth-order valence-corrected chi connectivity index (χ4v) is 3.10. The molecule has 134 valence electrons. The highest BCUT2D eigenvalue weighted by Crippen LogP contribution is 2.48. The van der Waals surface area contributed by atoms with Gasteiger partial charge in [-0.1, -0.05) is 6.07 Å². The Bertz CT molecular complexity index is 1020. The topological polar surface area (TPSA) is 52.4 Å². The van der Waals surface area contributed by atoms with Gasteiger partial charge in [-0.2, -0.15) is 9.78 Å². The van der Waals surface area contributed by atoms with Crippen LogP contribution in [0.3, 0.4) is 0 Å². The van der Waals surface area contributed by atoms with E-state index in [0.717, 1.165) is 16.8 Å². The summed E-state index contributed by atoms with van der Waals surface area (Å²) in [5.41, 5.74) is -0.937. The molecule has 0 unspecified atom stereocenters. The first kappa shape index (κ1) is 16.6. The van der Waals surface area contributed by atoms with Crippen molar-refractivity contribution in [2.45, 2.75) is 18.6 Å². The number of halogens is 3. The van der Waals surface area contributed by atoms with E-state index in [9.17, 15) is 18.0 Å². The molecule has 0 spiro atoms. The van der Waals surface area contributed by atoms with E-state index in [4.69, 9.17) is 4.74 Å². The minimum absolute atomic E-state index is 0.188. The molecule has 26 heavy (non-hydrogen) atoms. The summed E-state index contributed by atoms with van der Waals surface area (Å²) in [6.07, 6.45) is 1.32. The summed E-state index contributed by atoms with van der Waals surface area (Å²) in [6.45, 7) is 1.90. The van der Waals surface area contributed by atoms with Crippen molar-refractivity contribution in [1.82, 2.24) is 14.3 Å². The number of benzene rings is 2. The molecule has 8 heteroatoms. The van der Waals surface area contributed by atoms with Gasteiger partial charge < -0.3 is 4.74 Å². The summed E-state index contributed by atoms with van der Waals surface area (Å²) < 4.78 is 48.4. The first-order chi connectivity index (χ1) is 12.4. The number of epoxide rings is 1. The lowest BCUT2D eigenvalue weighted by Gasteiger charge is -2.21. The Hall–Kier alpha value is -2.87. The van der Waals surface area contributed by atoms with Crippen molar-refractivity contribution in [3.05, 3.63) is 82.3 Å². The zero-order valence-electron chi connectivity index (χ0n) is 13.7. The van der Waals surface area contributed by atoms with Gasteiger partial charge in [0, 0.05) is 11.6 Å². The Labute approximate surface area is 146 Å². The Morgan fingerprint density at radius 2 is 1.77 bits per heavy atom. The number of nitrogens with zero attached hydrogens (tertiary/aromatic N) is 3. The molecule has 3 aromatic rings. The van der Waals surface area contributed by atoms with E-state index in [2.05, 4.69) is 5.10 Å². The lowest BCUT2D eigenvalue weighted by atomic mass is 9.92. The Balaban J connectivity index is 1.72. The molecular weight excluding hydrogens is 347 g/mol. The third-order valence-corrected chi connectivity index (χ3v) is 4.70. The first-order valence-corrected chi connectivity index (χ1v) is 7.94. The Kier molecular flexibility index (Phi) is 3.73. The van der Waals surface area contributed by atoms with E-state index < -0.39 is 34.8 Å². The second-order valence-electron chi connectivity index (χ2n) is 6.19. The van der Waals surface area contributed by atoms with Crippen molar-refractivity contribution in [3.63, 3.8) is 0 Å². The zero-order chi connectivity index (χ0) is 18.5. The number of hydrogen-bond donors (Lipinski definition) is 0. The van der Waals surface area contributed by atoms with Gasteiger partial charge >= 0.3 is 5.69 Å². The van der Waals surface area contributed by atoms with Crippen LogP contribution in [0, 0.1) is 17.5 Å². The van der Waals surface area contributed by atoms with Gasteiger partial charge in [0.15, 0.2) is 0 Å². The molecule has 0 saturated carbocycles. The van der Waals surface area contributed by atoms with Crippen LogP contribution in [-0.4, -0.2) is 21.0 Å². The van der Waals surface area contributed by atoms with E-state index in [-0.39, 0.29) is 12.2 Å². The maximum absolute atomic E-state index is 14.2. The standard InChI is InChI=1S/C18H14F3N3O2/c1-11(18(9-26-18)15-7-4-13(20)8-16(15)21)23-10-22-24(17(23)25)14-5-2-12(19)3-6-14/h2-8,10-11H,9H2,1H3/t11-,18-/m1/s1. The summed E-state index contributed by atoms with van der Waals surface area (Å²) in [5.74, 6) is -1.84. The van der Waals surface area contributed by atoms with Gasteiger partial charge in [-0.15, -0.1) is 0 Å². The lowest BCUT2D eigenvalue weighted by Crippen LogP contribution is -2.33. The summed E-state index contributed by atoms with van der Waals surface area (Å²) in [6, 6.07) is 8.00. The van der Waals surface area contributed by atoms with Gasteiger partial charge in [0.1, 0.15) is 29.4 Å². The largest absolute Gasteiger partial charge is 0.362 e. The molecule has 0 N–H and O–H groups in total. The van der Waals surface area contributed by atoms with Gasteiger partial charge in [0.2, 0.25) is 0 Å². The third-order valence-electron chi connectivity index (χ3n) is 4.70. The summed E-state index contributed by atoms with van der Waals surface area (Å²) in [7, 11) is 0. The molecule has 1 saturated heterocycles. The van der Waals surface area contributed by atoms with Crippen LogP contribution in [0.4, 0.5) is 13.2 Å². The van der Waals surface area contributed by atoms with Crippen LogP contribution in [0.1, 0.15) is 18.5 Å². The van der Waals surface area contributed by atoms with E-state index in [1.54, 1.807) is 6.92 Å². The molecule has 1 aliphatic rings. The Morgan fingerprint density at radius 1 is 1.12 bits per heavy atom. The molecule has 0 radical (unpaired) electrons. The molecule has 2 aromatic carbocycles. The second-order valence-corrected chi connectivity index (χ2v) is 6.19. The van der Waals surface area contributed by atoms with Gasteiger partial charge in [-0.3, -0.25) is 4.57 Å².